The molecule has 0 saturated heterocycles. The van der Waals surface area contributed by atoms with E-state index in [0.29, 0.717) is 30.4 Å². The molecule has 1 N–H and O–H groups in total. The summed E-state index contributed by atoms with van der Waals surface area (Å²) in [5, 5.41) is 0. The van der Waals surface area contributed by atoms with E-state index in [4.69, 9.17) is 9.47 Å². The molecule has 5 nitrogen and oxygen atoms in total. The number of benzene rings is 2. The molecule has 6 heteroatoms. The lowest BCUT2D eigenvalue weighted by Gasteiger charge is -2.18. The summed E-state index contributed by atoms with van der Waals surface area (Å²) >= 11 is 0. The van der Waals surface area contributed by atoms with Crippen LogP contribution in [0, 0.1) is 6.92 Å². The van der Waals surface area contributed by atoms with Crippen LogP contribution < -0.4 is 14.2 Å². The van der Waals surface area contributed by atoms with Crippen molar-refractivity contribution in [1.29, 1.82) is 0 Å². The summed E-state index contributed by atoms with van der Waals surface area (Å²) in [6.45, 7) is 10.6. The fraction of sp³-hybridized carbons (Fsp3) is 0.400. The van der Waals surface area contributed by atoms with Gasteiger partial charge in [-0.3, -0.25) is 4.72 Å². The van der Waals surface area contributed by atoms with Crippen LogP contribution in [0.3, 0.4) is 0 Å². The van der Waals surface area contributed by atoms with Crippen molar-refractivity contribution < 1.29 is 17.9 Å². The average Bonchev–Trinajstić information content (AvgIpc) is 2.56. The third-order valence-electron chi connectivity index (χ3n) is 3.97. The van der Waals surface area contributed by atoms with Crippen LogP contribution in [0.25, 0.3) is 0 Å². The Hall–Kier alpha value is -2.21. The van der Waals surface area contributed by atoms with Crippen molar-refractivity contribution in [2.45, 2.75) is 45.4 Å². The molecule has 2 rings (SSSR count). The molecule has 26 heavy (non-hydrogen) atoms. The van der Waals surface area contributed by atoms with Gasteiger partial charge >= 0.3 is 0 Å². The second kappa shape index (κ2) is 8.45. The highest BCUT2D eigenvalue weighted by molar-refractivity contribution is 7.92. The van der Waals surface area contributed by atoms with Gasteiger partial charge in [0.25, 0.3) is 10.0 Å². The first-order chi connectivity index (χ1) is 12.3. The quantitative estimate of drug-likeness (QED) is 0.723. The highest BCUT2D eigenvalue weighted by Crippen LogP contribution is 2.34. The molecule has 0 unspecified atom stereocenters. The minimum absolute atomic E-state index is 0.139. The van der Waals surface area contributed by atoms with Crippen molar-refractivity contribution in [1.82, 2.24) is 0 Å². The van der Waals surface area contributed by atoms with Gasteiger partial charge in [-0.15, -0.1) is 0 Å². The summed E-state index contributed by atoms with van der Waals surface area (Å²) in [4.78, 5) is 0.139. The molecule has 2 aromatic rings. The van der Waals surface area contributed by atoms with Gasteiger partial charge in [0.05, 0.1) is 18.9 Å². The third kappa shape index (κ3) is 4.49. The van der Waals surface area contributed by atoms with Crippen molar-refractivity contribution >= 4 is 15.7 Å². The van der Waals surface area contributed by atoms with Crippen LogP contribution in [-0.2, 0) is 10.0 Å². The predicted octanol–water partition coefficient (Wildman–Crippen LogP) is 4.72. The van der Waals surface area contributed by atoms with Crippen molar-refractivity contribution in [3.63, 3.8) is 0 Å². The van der Waals surface area contributed by atoms with E-state index in [0.717, 1.165) is 11.1 Å². The minimum Gasteiger partial charge on any atom is -0.492 e. The van der Waals surface area contributed by atoms with E-state index in [1.54, 1.807) is 36.4 Å². The van der Waals surface area contributed by atoms with Crippen LogP contribution in [0.2, 0.25) is 0 Å². The molecular weight excluding hydrogens is 350 g/mol. The van der Waals surface area contributed by atoms with E-state index in [9.17, 15) is 8.42 Å². The molecule has 0 bridgehead atoms. The molecule has 142 valence electrons. The van der Waals surface area contributed by atoms with Gasteiger partial charge in [0.2, 0.25) is 0 Å². The highest BCUT2D eigenvalue weighted by Gasteiger charge is 2.23. The first-order valence-corrected chi connectivity index (χ1v) is 10.3. The van der Waals surface area contributed by atoms with Crippen LogP contribution >= 0.6 is 0 Å². The molecule has 0 spiro atoms. The molecule has 0 radical (unpaired) electrons. The molecule has 0 aliphatic rings. The molecule has 0 atom stereocenters. The first kappa shape index (κ1) is 20.1. The van der Waals surface area contributed by atoms with Gasteiger partial charge < -0.3 is 9.47 Å². The van der Waals surface area contributed by atoms with E-state index in [-0.39, 0.29) is 10.8 Å². The smallest absolute Gasteiger partial charge is 0.265 e. The monoisotopic (exact) mass is 377 g/mol. The number of anilines is 1. The first-order valence-electron chi connectivity index (χ1n) is 8.82. The molecule has 0 saturated carbocycles. The van der Waals surface area contributed by atoms with Gasteiger partial charge in [-0.1, -0.05) is 26.0 Å². The summed E-state index contributed by atoms with van der Waals surface area (Å²) < 4.78 is 39.9. The molecule has 0 amide bonds. The second-order valence-corrected chi connectivity index (χ2v) is 7.93. The van der Waals surface area contributed by atoms with E-state index < -0.39 is 10.0 Å². The third-order valence-corrected chi connectivity index (χ3v) is 5.36. The van der Waals surface area contributed by atoms with Crippen molar-refractivity contribution in [3.8, 4) is 11.5 Å². The fourth-order valence-electron chi connectivity index (χ4n) is 2.81. The number of hydrogen-bond donors (Lipinski definition) is 1. The lowest BCUT2D eigenvalue weighted by molar-refractivity contribution is 0.330. The lowest BCUT2D eigenvalue weighted by atomic mass is 9.98. The minimum atomic E-state index is -3.83. The Morgan fingerprint density at radius 3 is 2.23 bits per heavy atom. The summed E-state index contributed by atoms with van der Waals surface area (Å²) in [6, 6.07) is 10.5. The maximum Gasteiger partial charge on any atom is 0.265 e. The highest BCUT2D eigenvalue weighted by atomic mass is 32.2. The Labute approximate surface area is 156 Å². The van der Waals surface area contributed by atoms with Gasteiger partial charge in [-0.25, -0.2) is 8.42 Å². The summed E-state index contributed by atoms with van der Waals surface area (Å²) in [6.07, 6.45) is 0. The van der Waals surface area contributed by atoms with Gasteiger partial charge in [0.1, 0.15) is 16.4 Å². The molecule has 0 aliphatic carbocycles. The topological polar surface area (TPSA) is 64.6 Å². The SMILES string of the molecule is CCOc1ccccc1NS(=O)(=O)c1cc(C(C)C)c(C)cc1OCC. The fourth-order valence-corrected chi connectivity index (χ4v) is 4.04. The van der Waals surface area contributed by atoms with Crippen LogP contribution in [0.5, 0.6) is 11.5 Å². The van der Waals surface area contributed by atoms with Crippen molar-refractivity contribution in [2.75, 3.05) is 17.9 Å². The average molecular weight is 378 g/mol. The molecular formula is C20H27NO4S. The van der Waals surface area contributed by atoms with E-state index >= 15 is 0 Å². The summed E-state index contributed by atoms with van der Waals surface area (Å²) in [5.74, 6) is 1.05. The van der Waals surface area contributed by atoms with Gasteiger partial charge in [0.15, 0.2) is 0 Å². The number of nitrogens with one attached hydrogen (secondary N) is 1. The van der Waals surface area contributed by atoms with Crippen LogP contribution in [-0.4, -0.2) is 21.6 Å². The van der Waals surface area contributed by atoms with E-state index in [2.05, 4.69) is 4.72 Å². The number of ether oxygens (including phenoxy) is 2. The zero-order chi connectivity index (χ0) is 19.3. The van der Waals surface area contributed by atoms with Gasteiger partial charge in [-0.2, -0.15) is 0 Å². The Morgan fingerprint density at radius 2 is 1.62 bits per heavy atom. The van der Waals surface area contributed by atoms with Crippen LogP contribution in [0.4, 0.5) is 5.69 Å². The molecule has 0 fully saturated rings. The van der Waals surface area contributed by atoms with Crippen molar-refractivity contribution in [2.24, 2.45) is 0 Å². The Morgan fingerprint density at radius 1 is 1.00 bits per heavy atom. The molecule has 0 heterocycles. The Kier molecular flexibility index (Phi) is 6.53. The normalized spacial score (nSPS) is 11.5. The zero-order valence-electron chi connectivity index (χ0n) is 16.0. The maximum atomic E-state index is 13.1. The Balaban J connectivity index is 2.53. The lowest BCUT2D eigenvalue weighted by Crippen LogP contribution is -2.16. The summed E-state index contributed by atoms with van der Waals surface area (Å²) in [7, 11) is -3.83. The van der Waals surface area contributed by atoms with Gasteiger partial charge in [0, 0.05) is 0 Å². The van der Waals surface area contributed by atoms with Gasteiger partial charge in [-0.05, 0) is 62.1 Å². The van der Waals surface area contributed by atoms with Crippen LogP contribution in [0.1, 0.15) is 44.7 Å². The van der Waals surface area contributed by atoms with E-state index in [1.807, 2.05) is 34.6 Å². The predicted molar refractivity (Wildman–Crippen MR) is 105 cm³/mol. The molecule has 2 aromatic carbocycles. The summed E-state index contributed by atoms with van der Waals surface area (Å²) in [5.41, 5.74) is 2.40. The number of rotatable bonds is 8. The van der Waals surface area contributed by atoms with Crippen molar-refractivity contribution in [3.05, 3.63) is 47.5 Å². The second-order valence-electron chi connectivity index (χ2n) is 6.28. The molecule has 0 aromatic heterocycles. The zero-order valence-corrected chi connectivity index (χ0v) is 16.8. The van der Waals surface area contributed by atoms with Crippen LogP contribution in [0.15, 0.2) is 41.3 Å². The number of aryl methyl sites for hydroxylation is 1. The number of sulfonamides is 1. The largest absolute Gasteiger partial charge is 0.492 e. The maximum absolute atomic E-state index is 13.1. The molecule has 0 aliphatic heterocycles. The Bertz CT molecular complexity index is 860. The standard InChI is InChI=1S/C20H27NO4S/c1-6-24-18-11-9-8-10-17(18)21-26(22,23)20-13-16(14(3)4)15(5)12-19(20)25-7-2/h8-14,21H,6-7H2,1-5H3. The number of hydrogen-bond acceptors (Lipinski definition) is 4. The number of para-hydroxylation sites is 2. The van der Waals surface area contributed by atoms with E-state index in [1.165, 1.54) is 0 Å².